The molecule has 0 unspecified atom stereocenters. The van der Waals surface area contributed by atoms with Crippen molar-refractivity contribution >= 4 is 101 Å². The first-order chi connectivity index (χ1) is 46.0. The summed E-state index contributed by atoms with van der Waals surface area (Å²) in [7, 11) is 0. The first-order valence-electron chi connectivity index (χ1n) is 33.5. The molecule has 0 spiro atoms. The van der Waals surface area contributed by atoms with Gasteiger partial charge in [0, 0.05) is 66.5 Å². The monoisotopic (exact) mass is 1220 g/mol. The van der Waals surface area contributed by atoms with E-state index in [1.165, 1.54) is 55.3 Å². The van der Waals surface area contributed by atoms with E-state index in [4.69, 9.17) is 8.83 Å². The van der Waals surface area contributed by atoms with E-state index in [1.54, 1.807) is 0 Å². The molecule has 4 heterocycles. The van der Waals surface area contributed by atoms with Gasteiger partial charge < -0.3 is 18.6 Å². The van der Waals surface area contributed by atoms with Gasteiger partial charge in [0.2, 0.25) is 0 Å². The van der Waals surface area contributed by atoms with Crippen LogP contribution in [-0.4, -0.2) is 6.71 Å². The standard InChI is InChI=1S/C90H73BN2O2/c1-88(2,3)64-50-69(56-26-14-10-15-27-56)86(70(51-64)57-28-16-11-17-29-57)92-77-48-62(60-40-44-83-73(46-60)67-34-22-24-36-81(67)94-83)38-42-75(77)91-76-43-39-63(61-41-45-84-74(47-61)68-35-23-25-37-82(68)95-84)49-78(76)93(80-55-66(90(7,8)9)54-79(92)85(80)91)87-71(58-30-18-12-19-31-58)52-65(89(4,5)6)53-72(87)59-32-20-13-21-33-59/h10-55H,1-9H3. The molecule has 15 aromatic rings. The number of nitrogens with zero attached hydrogens (tertiary/aromatic N) is 2. The van der Waals surface area contributed by atoms with Crippen LogP contribution in [0.5, 0.6) is 0 Å². The molecule has 13 aromatic carbocycles. The second-order valence-electron chi connectivity index (χ2n) is 29.3. The average molecular weight is 1230 g/mol. The highest BCUT2D eigenvalue weighted by atomic mass is 16.3. The highest BCUT2D eigenvalue weighted by Crippen LogP contribution is 2.56. The van der Waals surface area contributed by atoms with Gasteiger partial charge in [0.05, 0.1) is 11.4 Å². The quantitative estimate of drug-likeness (QED) is 0.142. The van der Waals surface area contributed by atoms with Crippen LogP contribution in [0.1, 0.15) is 79.0 Å². The maximum Gasteiger partial charge on any atom is 0.252 e. The van der Waals surface area contributed by atoms with Crippen LogP contribution in [0.3, 0.4) is 0 Å². The zero-order valence-electron chi connectivity index (χ0n) is 55.3. The van der Waals surface area contributed by atoms with E-state index in [0.717, 1.165) is 123 Å². The van der Waals surface area contributed by atoms with Crippen molar-refractivity contribution in [3.05, 3.63) is 296 Å². The molecule has 458 valence electrons. The Hall–Kier alpha value is -10.9. The lowest BCUT2D eigenvalue weighted by Crippen LogP contribution is -2.61. The molecule has 0 aliphatic carbocycles. The summed E-state index contributed by atoms with van der Waals surface area (Å²) in [6.45, 7) is 21.0. The minimum absolute atomic E-state index is 0.179. The molecule has 0 saturated heterocycles. The van der Waals surface area contributed by atoms with Gasteiger partial charge >= 0.3 is 0 Å². The van der Waals surface area contributed by atoms with Crippen LogP contribution in [0.4, 0.5) is 34.1 Å². The van der Waals surface area contributed by atoms with Crippen LogP contribution >= 0.6 is 0 Å². The van der Waals surface area contributed by atoms with Crippen LogP contribution < -0.4 is 26.2 Å². The number of anilines is 6. The second kappa shape index (κ2) is 21.9. The number of rotatable bonds is 8. The predicted molar refractivity (Wildman–Crippen MR) is 404 cm³/mol. The Kier molecular flexibility index (Phi) is 13.3. The van der Waals surface area contributed by atoms with Crippen molar-refractivity contribution in [2.24, 2.45) is 0 Å². The van der Waals surface area contributed by atoms with Crippen LogP contribution in [0.2, 0.25) is 0 Å². The highest BCUT2D eigenvalue weighted by molar-refractivity contribution is 7.00. The molecule has 0 atom stereocenters. The fourth-order valence-electron chi connectivity index (χ4n) is 15.0. The van der Waals surface area contributed by atoms with E-state index in [-0.39, 0.29) is 23.0 Å². The summed E-state index contributed by atoms with van der Waals surface area (Å²) in [5, 5.41) is 4.42. The van der Waals surface area contributed by atoms with Crippen molar-refractivity contribution in [2.75, 3.05) is 9.80 Å². The molecule has 2 aromatic heterocycles. The average Bonchev–Trinajstić information content (AvgIpc) is 0.958. The van der Waals surface area contributed by atoms with Crippen molar-refractivity contribution in [1.29, 1.82) is 0 Å². The van der Waals surface area contributed by atoms with Crippen LogP contribution in [0, 0.1) is 0 Å². The molecule has 0 saturated carbocycles. The van der Waals surface area contributed by atoms with E-state index >= 15 is 0 Å². The summed E-state index contributed by atoms with van der Waals surface area (Å²) in [5.74, 6) is 0. The largest absolute Gasteiger partial charge is 0.456 e. The van der Waals surface area contributed by atoms with Gasteiger partial charge in [-0.05, 0) is 179 Å². The summed E-state index contributed by atoms with van der Waals surface area (Å²) in [4.78, 5) is 5.40. The Labute approximate surface area is 557 Å². The third-order valence-corrected chi connectivity index (χ3v) is 20.1. The van der Waals surface area contributed by atoms with E-state index < -0.39 is 0 Å². The van der Waals surface area contributed by atoms with Crippen molar-refractivity contribution < 1.29 is 8.83 Å². The minimum Gasteiger partial charge on any atom is -0.456 e. The van der Waals surface area contributed by atoms with Crippen molar-refractivity contribution in [3.63, 3.8) is 0 Å². The Morgan fingerprint density at radius 2 is 0.547 bits per heavy atom. The molecule has 0 amide bonds. The van der Waals surface area contributed by atoms with Crippen molar-refractivity contribution in [1.82, 2.24) is 0 Å². The highest BCUT2D eigenvalue weighted by Gasteiger charge is 2.46. The molecular weight excluding hydrogens is 1150 g/mol. The third-order valence-electron chi connectivity index (χ3n) is 20.1. The Balaban J connectivity index is 1.04. The molecule has 0 bridgehead atoms. The van der Waals surface area contributed by atoms with Gasteiger partial charge in [0.25, 0.3) is 6.71 Å². The van der Waals surface area contributed by atoms with Gasteiger partial charge in [-0.15, -0.1) is 0 Å². The summed E-state index contributed by atoms with van der Waals surface area (Å²) in [6.07, 6.45) is 0. The van der Waals surface area contributed by atoms with Crippen LogP contribution in [-0.2, 0) is 16.2 Å². The predicted octanol–water partition coefficient (Wildman–Crippen LogP) is 23.5. The molecule has 0 radical (unpaired) electrons. The number of benzene rings is 13. The number of hydrogen-bond acceptors (Lipinski definition) is 4. The van der Waals surface area contributed by atoms with Gasteiger partial charge in [0.1, 0.15) is 22.3 Å². The smallest absolute Gasteiger partial charge is 0.252 e. The maximum atomic E-state index is 6.49. The number of furan rings is 2. The number of hydrogen-bond donors (Lipinski definition) is 0. The molecule has 5 heteroatoms. The molecule has 4 nitrogen and oxygen atoms in total. The molecule has 0 fully saturated rings. The third kappa shape index (κ3) is 9.73. The van der Waals surface area contributed by atoms with Gasteiger partial charge in [-0.1, -0.05) is 256 Å². The Bertz CT molecular complexity index is 5090. The van der Waals surface area contributed by atoms with Gasteiger partial charge in [-0.25, -0.2) is 0 Å². The first-order valence-corrected chi connectivity index (χ1v) is 33.5. The lowest BCUT2D eigenvalue weighted by Gasteiger charge is -2.47. The van der Waals surface area contributed by atoms with E-state index in [0.29, 0.717) is 0 Å². The van der Waals surface area contributed by atoms with Gasteiger partial charge in [-0.3, -0.25) is 0 Å². The fourth-order valence-corrected chi connectivity index (χ4v) is 15.0. The van der Waals surface area contributed by atoms with Gasteiger partial charge in [0.15, 0.2) is 0 Å². The first kappa shape index (κ1) is 58.0. The normalized spacial score (nSPS) is 13.0. The molecular formula is C90H73BN2O2. The van der Waals surface area contributed by atoms with Crippen molar-refractivity contribution in [3.8, 4) is 66.8 Å². The SMILES string of the molecule is CC(C)(C)c1cc(-c2ccccc2)c(N2c3cc(-c4ccc5oc6ccccc6c5c4)ccc3B3c4ccc(-c5ccc6oc7ccccc7c6c5)cc4N(c4c(-c5ccccc5)cc(C(C)(C)C)cc4-c4ccccc4)c4cc(C(C)(C)C)cc2c43)c(-c2ccccc2)c1. The summed E-state index contributed by atoms with van der Waals surface area (Å²) < 4.78 is 13.0. The molecule has 17 rings (SSSR count). The Morgan fingerprint density at radius 1 is 0.253 bits per heavy atom. The number of fused-ring (bicyclic) bond motifs is 10. The molecule has 2 aliphatic rings. The maximum absolute atomic E-state index is 6.49. The van der Waals surface area contributed by atoms with E-state index in [1.807, 2.05) is 0 Å². The van der Waals surface area contributed by atoms with Gasteiger partial charge in [-0.2, -0.15) is 0 Å². The van der Waals surface area contributed by atoms with E-state index in [2.05, 4.69) is 351 Å². The minimum atomic E-state index is -0.310. The molecule has 95 heavy (non-hydrogen) atoms. The zero-order valence-corrected chi connectivity index (χ0v) is 55.3. The van der Waals surface area contributed by atoms with E-state index in [9.17, 15) is 0 Å². The Morgan fingerprint density at radius 3 is 0.895 bits per heavy atom. The van der Waals surface area contributed by atoms with Crippen LogP contribution in [0.25, 0.3) is 111 Å². The summed E-state index contributed by atoms with van der Waals surface area (Å²) >= 11 is 0. The molecule has 0 N–H and O–H groups in total. The fraction of sp³-hybridized carbons (Fsp3) is 0.133. The topological polar surface area (TPSA) is 32.8 Å². The lowest BCUT2D eigenvalue weighted by atomic mass is 9.33. The number of para-hydroxylation sites is 2. The zero-order chi connectivity index (χ0) is 64.6. The lowest BCUT2D eigenvalue weighted by molar-refractivity contribution is 0.590. The van der Waals surface area contributed by atoms with Crippen molar-refractivity contribution in [2.45, 2.75) is 78.6 Å². The summed E-state index contributed by atoms with van der Waals surface area (Å²) in [5.41, 5.74) is 31.0. The molecule has 2 aliphatic heterocycles. The van der Waals surface area contributed by atoms with Crippen LogP contribution in [0.15, 0.2) is 288 Å². The summed E-state index contributed by atoms with van der Waals surface area (Å²) in [6, 6.07) is 105. The second-order valence-corrected chi connectivity index (χ2v) is 29.3.